The predicted octanol–water partition coefficient (Wildman–Crippen LogP) is 2.19. The van der Waals surface area contributed by atoms with Crippen LogP contribution in [0.3, 0.4) is 0 Å². The first-order chi connectivity index (χ1) is 16.0. The number of aromatic amines is 1. The second-order valence-corrected chi connectivity index (χ2v) is 8.59. The number of fused-ring (bicyclic) bond motifs is 1. The molecule has 9 heteroatoms. The zero-order chi connectivity index (χ0) is 22.9. The van der Waals surface area contributed by atoms with Crippen LogP contribution >= 0.6 is 0 Å². The Hall–Kier alpha value is -3.46. The molecule has 3 atom stereocenters. The van der Waals surface area contributed by atoms with E-state index in [0.29, 0.717) is 43.8 Å². The number of carbonyl (C=O) groups excluding carboxylic acids is 2. The number of aromatic nitrogens is 2. The van der Waals surface area contributed by atoms with Gasteiger partial charge in [0.15, 0.2) is 11.8 Å². The summed E-state index contributed by atoms with van der Waals surface area (Å²) in [4.78, 5) is 26.8. The molecule has 1 aliphatic carbocycles. The number of amides is 2. The number of halogens is 1. The molecule has 2 aliphatic rings. The molecule has 33 heavy (non-hydrogen) atoms. The van der Waals surface area contributed by atoms with Crippen LogP contribution in [0.1, 0.15) is 28.4 Å². The summed E-state index contributed by atoms with van der Waals surface area (Å²) in [5.74, 6) is 0.0240. The number of morpholine rings is 1. The summed E-state index contributed by atoms with van der Waals surface area (Å²) < 4.78 is 19.2. The molecular formula is C24H26FN5O3. The standard InChI is InChI=1S/C24H26FN5O3/c1-26-24(32)22-18-6-5-17(11-20(18)28-29-22)30-7-8-33-21(13-30)23(31)27-12-15-10-19(15)14-3-2-4-16(25)9-14/h2-6,9,11,15,19,21H,7-8,10,12-13H2,1H3,(H,26,32)(H,27,31)(H,28,29). The molecule has 1 saturated carbocycles. The average Bonchev–Trinajstić information content (AvgIpc) is 3.51. The van der Waals surface area contributed by atoms with Crippen molar-refractivity contribution in [1.82, 2.24) is 20.8 Å². The second-order valence-electron chi connectivity index (χ2n) is 8.59. The summed E-state index contributed by atoms with van der Waals surface area (Å²) in [7, 11) is 1.57. The second kappa shape index (κ2) is 8.82. The van der Waals surface area contributed by atoms with Gasteiger partial charge in [0.1, 0.15) is 5.82 Å². The fraction of sp³-hybridized carbons (Fsp3) is 0.375. The molecule has 5 rings (SSSR count). The summed E-state index contributed by atoms with van der Waals surface area (Å²) in [5.41, 5.74) is 3.04. The zero-order valence-electron chi connectivity index (χ0n) is 18.3. The summed E-state index contributed by atoms with van der Waals surface area (Å²) in [6.07, 6.45) is 0.382. The first kappa shape index (κ1) is 21.4. The van der Waals surface area contributed by atoms with Crippen molar-refractivity contribution in [3.8, 4) is 0 Å². The average molecular weight is 452 g/mol. The van der Waals surface area contributed by atoms with E-state index in [2.05, 4.69) is 25.7 Å². The zero-order valence-corrected chi connectivity index (χ0v) is 18.3. The lowest BCUT2D eigenvalue weighted by Crippen LogP contribution is -2.50. The number of rotatable bonds is 6. The van der Waals surface area contributed by atoms with Crippen molar-refractivity contribution in [1.29, 1.82) is 0 Å². The highest BCUT2D eigenvalue weighted by Crippen LogP contribution is 2.47. The molecule has 1 aliphatic heterocycles. The van der Waals surface area contributed by atoms with E-state index >= 15 is 0 Å². The van der Waals surface area contributed by atoms with Gasteiger partial charge in [-0.1, -0.05) is 12.1 Å². The van der Waals surface area contributed by atoms with Crippen LogP contribution in [0.15, 0.2) is 42.5 Å². The Labute approximate surface area is 190 Å². The van der Waals surface area contributed by atoms with Gasteiger partial charge in [-0.05, 0) is 54.2 Å². The number of nitrogens with one attached hydrogen (secondary N) is 3. The Balaban J connectivity index is 1.18. The van der Waals surface area contributed by atoms with Gasteiger partial charge in [0.05, 0.1) is 18.7 Å². The predicted molar refractivity (Wildman–Crippen MR) is 122 cm³/mol. The van der Waals surface area contributed by atoms with Crippen LogP contribution in [0.2, 0.25) is 0 Å². The lowest BCUT2D eigenvalue weighted by Gasteiger charge is -2.33. The Kier molecular flexibility index (Phi) is 5.72. The van der Waals surface area contributed by atoms with E-state index in [1.165, 1.54) is 6.07 Å². The molecule has 1 aromatic heterocycles. The van der Waals surface area contributed by atoms with Gasteiger partial charge < -0.3 is 20.3 Å². The molecular weight excluding hydrogens is 425 g/mol. The number of H-pyrrole nitrogens is 1. The van der Waals surface area contributed by atoms with Crippen LogP contribution in [0.4, 0.5) is 10.1 Å². The van der Waals surface area contributed by atoms with Crippen molar-refractivity contribution in [3.05, 3.63) is 59.5 Å². The molecule has 2 aromatic carbocycles. The SMILES string of the molecule is CNC(=O)c1n[nH]c2cc(N3CCOC(C(=O)NCC4CC4c4cccc(F)c4)C3)ccc12. The van der Waals surface area contributed by atoms with Crippen LogP contribution in [0.25, 0.3) is 10.9 Å². The molecule has 0 bridgehead atoms. The Morgan fingerprint density at radius 1 is 1.27 bits per heavy atom. The van der Waals surface area contributed by atoms with E-state index in [-0.39, 0.29) is 17.6 Å². The van der Waals surface area contributed by atoms with Crippen molar-refractivity contribution in [2.24, 2.45) is 5.92 Å². The van der Waals surface area contributed by atoms with E-state index < -0.39 is 6.10 Å². The largest absolute Gasteiger partial charge is 0.366 e. The highest BCUT2D eigenvalue weighted by Gasteiger charge is 2.39. The molecule has 2 heterocycles. The third-order valence-corrected chi connectivity index (χ3v) is 6.45. The van der Waals surface area contributed by atoms with Crippen LogP contribution in [-0.2, 0) is 9.53 Å². The van der Waals surface area contributed by atoms with Gasteiger partial charge in [0.25, 0.3) is 11.8 Å². The normalized spacial score (nSPS) is 22.2. The first-order valence-electron chi connectivity index (χ1n) is 11.1. The maximum absolute atomic E-state index is 13.4. The maximum atomic E-state index is 13.4. The summed E-state index contributed by atoms with van der Waals surface area (Å²) in [5, 5.41) is 13.4. The van der Waals surface area contributed by atoms with E-state index in [1.54, 1.807) is 19.2 Å². The highest BCUT2D eigenvalue weighted by atomic mass is 19.1. The van der Waals surface area contributed by atoms with Gasteiger partial charge in [0, 0.05) is 31.2 Å². The molecule has 1 saturated heterocycles. The first-order valence-corrected chi connectivity index (χ1v) is 11.1. The lowest BCUT2D eigenvalue weighted by atomic mass is 10.1. The van der Waals surface area contributed by atoms with Gasteiger partial charge in [-0.3, -0.25) is 14.7 Å². The van der Waals surface area contributed by atoms with Crippen molar-refractivity contribution in [3.63, 3.8) is 0 Å². The van der Waals surface area contributed by atoms with Gasteiger partial charge in [0.2, 0.25) is 0 Å². The molecule has 3 unspecified atom stereocenters. The number of benzene rings is 2. The van der Waals surface area contributed by atoms with Gasteiger partial charge in [-0.2, -0.15) is 5.10 Å². The molecule has 3 N–H and O–H groups in total. The van der Waals surface area contributed by atoms with E-state index in [4.69, 9.17) is 4.74 Å². The molecule has 8 nitrogen and oxygen atoms in total. The number of ether oxygens (including phenoxy) is 1. The van der Waals surface area contributed by atoms with E-state index in [9.17, 15) is 14.0 Å². The van der Waals surface area contributed by atoms with Gasteiger partial charge in [-0.15, -0.1) is 0 Å². The number of carbonyl (C=O) groups is 2. The van der Waals surface area contributed by atoms with Crippen molar-refractivity contribution in [2.45, 2.75) is 18.4 Å². The quantitative estimate of drug-likeness (QED) is 0.534. The van der Waals surface area contributed by atoms with Gasteiger partial charge in [-0.25, -0.2) is 4.39 Å². The van der Waals surface area contributed by atoms with Crippen LogP contribution in [0, 0.1) is 11.7 Å². The van der Waals surface area contributed by atoms with E-state index in [0.717, 1.165) is 28.6 Å². The summed E-state index contributed by atoms with van der Waals surface area (Å²) >= 11 is 0. The maximum Gasteiger partial charge on any atom is 0.272 e. The van der Waals surface area contributed by atoms with E-state index in [1.807, 2.05) is 24.3 Å². The fourth-order valence-corrected chi connectivity index (χ4v) is 4.50. The van der Waals surface area contributed by atoms with Crippen molar-refractivity contribution >= 4 is 28.4 Å². The molecule has 2 amide bonds. The van der Waals surface area contributed by atoms with Crippen LogP contribution in [0.5, 0.6) is 0 Å². The smallest absolute Gasteiger partial charge is 0.272 e. The minimum atomic E-state index is -0.566. The van der Waals surface area contributed by atoms with Crippen LogP contribution < -0.4 is 15.5 Å². The summed E-state index contributed by atoms with van der Waals surface area (Å²) in [6.45, 7) is 2.10. The highest BCUT2D eigenvalue weighted by molar-refractivity contribution is 6.05. The molecule has 0 radical (unpaired) electrons. The monoisotopic (exact) mass is 451 g/mol. The molecule has 0 spiro atoms. The fourth-order valence-electron chi connectivity index (χ4n) is 4.50. The number of anilines is 1. The number of hydrogen-bond acceptors (Lipinski definition) is 5. The Bertz CT molecular complexity index is 1200. The Morgan fingerprint density at radius 3 is 2.97 bits per heavy atom. The third kappa shape index (κ3) is 4.41. The minimum absolute atomic E-state index is 0.130. The third-order valence-electron chi connectivity index (χ3n) is 6.45. The number of hydrogen-bond donors (Lipinski definition) is 3. The topological polar surface area (TPSA) is 99.3 Å². The molecule has 3 aromatic rings. The summed E-state index contributed by atoms with van der Waals surface area (Å²) in [6, 6.07) is 12.4. The van der Waals surface area contributed by atoms with Crippen molar-refractivity contribution < 1.29 is 18.7 Å². The van der Waals surface area contributed by atoms with Crippen molar-refractivity contribution in [2.75, 3.05) is 38.2 Å². The number of nitrogens with zero attached hydrogens (tertiary/aromatic N) is 2. The van der Waals surface area contributed by atoms with Gasteiger partial charge >= 0.3 is 0 Å². The minimum Gasteiger partial charge on any atom is -0.366 e. The lowest BCUT2D eigenvalue weighted by molar-refractivity contribution is -0.133. The molecule has 2 fully saturated rings. The Morgan fingerprint density at radius 2 is 2.15 bits per heavy atom. The van der Waals surface area contributed by atoms with Crippen LogP contribution in [-0.4, -0.2) is 61.4 Å². The molecule has 172 valence electrons.